The van der Waals surface area contributed by atoms with Gasteiger partial charge in [0.1, 0.15) is 5.75 Å². The molecule has 1 amide bonds. The highest BCUT2D eigenvalue weighted by Gasteiger charge is 2.10. The SMILES string of the molecule is COc1ccc(C(=O)NC(=S)Nc2ccc(Br)cc2)cc1I. The second kappa shape index (κ2) is 7.89. The lowest BCUT2D eigenvalue weighted by Crippen LogP contribution is -2.34. The van der Waals surface area contributed by atoms with E-state index < -0.39 is 0 Å². The molecular formula is C15H12BrIN2O2S. The molecule has 0 radical (unpaired) electrons. The number of halogens is 2. The number of rotatable bonds is 3. The number of nitrogens with one attached hydrogen (secondary N) is 2. The van der Waals surface area contributed by atoms with Crippen molar-refractivity contribution in [2.24, 2.45) is 0 Å². The summed E-state index contributed by atoms with van der Waals surface area (Å²) in [6, 6.07) is 12.7. The van der Waals surface area contributed by atoms with Gasteiger partial charge in [0.15, 0.2) is 5.11 Å². The van der Waals surface area contributed by atoms with Gasteiger partial charge in [-0.2, -0.15) is 0 Å². The molecule has 0 heterocycles. The molecule has 0 saturated heterocycles. The summed E-state index contributed by atoms with van der Waals surface area (Å²) in [6.07, 6.45) is 0. The van der Waals surface area contributed by atoms with E-state index in [2.05, 4.69) is 49.2 Å². The largest absolute Gasteiger partial charge is 0.496 e. The number of thiocarbonyl (C=S) groups is 1. The summed E-state index contributed by atoms with van der Waals surface area (Å²) in [7, 11) is 1.59. The number of hydrogen-bond acceptors (Lipinski definition) is 3. The summed E-state index contributed by atoms with van der Waals surface area (Å²) in [6.45, 7) is 0. The van der Waals surface area contributed by atoms with Crippen molar-refractivity contribution in [1.29, 1.82) is 0 Å². The molecule has 0 spiro atoms. The zero-order valence-corrected chi connectivity index (χ0v) is 16.1. The van der Waals surface area contributed by atoms with Crippen LogP contribution in [0.5, 0.6) is 5.75 Å². The predicted molar refractivity (Wildman–Crippen MR) is 104 cm³/mol. The van der Waals surface area contributed by atoms with E-state index in [0.717, 1.165) is 19.5 Å². The van der Waals surface area contributed by atoms with Crippen LogP contribution < -0.4 is 15.4 Å². The smallest absolute Gasteiger partial charge is 0.257 e. The molecule has 4 nitrogen and oxygen atoms in total. The number of hydrogen-bond donors (Lipinski definition) is 2. The van der Waals surface area contributed by atoms with Crippen molar-refractivity contribution >= 4 is 67.4 Å². The van der Waals surface area contributed by atoms with E-state index in [4.69, 9.17) is 17.0 Å². The number of carbonyl (C=O) groups excluding carboxylic acids is 1. The van der Waals surface area contributed by atoms with E-state index in [-0.39, 0.29) is 11.0 Å². The fourth-order valence-electron chi connectivity index (χ4n) is 1.68. The first kappa shape index (κ1) is 17.2. The van der Waals surface area contributed by atoms with E-state index in [1.54, 1.807) is 25.3 Å². The second-order valence-electron chi connectivity index (χ2n) is 4.26. The minimum absolute atomic E-state index is 0.248. The third kappa shape index (κ3) is 4.65. The summed E-state index contributed by atoms with van der Waals surface area (Å²) in [5, 5.41) is 5.86. The molecule has 0 aliphatic rings. The Morgan fingerprint density at radius 2 is 1.91 bits per heavy atom. The van der Waals surface area contributed by atoms with Crippen molar-refractivity contribution in [2.45, 2.75) is 0 Å². The Bertz CT molecular complexity index is 707. The lowest BCUT2D eigenvalue weighted by Gasteiger charge is -2.10. The van der Waals surface area contributed by atoms with Crippen LogP contribution in [0.3, 0.4) is 0 Å². The van der Waals surface area contributed by atoms with Crippen molar-refractivity contribution < 1.29 is 9.53 Å². The summed E-state index contributed by atoms with van der Waals surface area (Å²) < 4.78 is 7.00. The van der Waals surface area contributed by atoms with Gasteiger partial charge in [-0.3, -0.25) is 10.1 Å². The van der Waals surface area contributed by atoms with Crippen LogP contribution in [-0.4, -0.2) is 18.1 Å². The molecule has 0 saturated carbocycles. The van der Waals surface area contributed by atoms with Crippen LogP contribution in [0.4, 0.5) is 5.69 Å². The average Bonchev–Trinajstić information content (AvgIpc) is 2.49. The van der Waals surface area contributed by atoms with Crippen LogP contribution >= 0.6 is 50.7 Å². The van der Waals surface area contributed by atoms with Crippen molar-refractivity contribution in [2.75, 3.05) is 12.4 Å². The van der Waals surface area contributed by atoms with E-state index in [9.17, 15) is 4.79 Å². The van der Waals surface area contributed by atoms with E-state index in [0.29, 0.717) is 5.56 Å². The van der Waals surface area contributed by atoms with Gasteiger partial charge in [-0.15, -0.1) is 0 Å². The Morgan fingerprint density at radius 1 is 1.23 bits per heavy atom. The fourth-order valence-corrected chi connectivity index (χ4v) is 2.89. The number of anilines is 1. The Hall–Kier alpha value is -1.19. The average molecular weight is 491 g/mol. The quantitative estimate of drug-likeness (QED) is 0.500. The van der Waals surface area contributed by atoms with Gasteiger partial charge in [0.2, 0.25) is 0 Å². The molecule has 0 bridgehead atoms. The third-order valence-electron chi connectivity index (χ3n) is 2.74. The van der Waals surface area contributed by atoms with Crippen LogP contribution in [0.15, 0.2) is 46.9 Å². The Labute approximate surface area is 155 Å². The monoisotopic (exact) mass is 490 g/mol. The van der Waals surface area contributed by atoms with Gasteiger partial charge < -0.3 is 10.1 Å². The lowest BCUT2D eigenvalue weighted by atomic mass is 10.2. The molecule has 2 rings (SSSR count). The second-order valence-corrected chi connectivity index (χ2v) is 6.75. The van der Waals surface area contributed by atoms with E-state index in [1.165, 1.54) is 0 Å². The Balaban J connectivity index is 2.00. The first-order valence-electron chi connectivity index (χ1n) is 6.21. The topological polar surface area (TPSA) is 50.4 Å². The summed E-state index contributed by atoms with van der Waals surface area (Å²) in [5.41, 5.74) is 1.32. The first-order valence-corrected chi connectivity index (χ1v) is 8.49. The van der Waals surface area contributed by atoms with Crippen LogP contribution in [0.1, 0.15) is 10.4 Å². The minimum Gasteiger partial charge on any atom is -0.496 e. The Morgan fingerprint density at radius 3 is 2.50 bits per heavy atom. The zero-order chi connectivity index (χ0) is 16.1. The zero-order valence-electron chi connectivity index (χ0n) is 11.5. The molecule has 0 aromatic heterocycles. The lowest BCUT2D eigenvalue weighted by molar-refractivity contribution is 0.0977. The molecule has 2 aromatic carbocycles. The van der Waals surface area contributed by atoms with Crippen LogP contribution in [0.2, 0.25) is 0 Å². The summed E-state index contributed by atoms with van der Waals surface area (Å²) in [4.78, 5) is 12.2. The molecule has 0 unspecified atom stereocenters. The van der Waals surface area contributed by atoms with Gasteiger partial charge in [-0.25, -0.2) is 0 Å². The van der Waals surface area contributed by atoms with Crippen molar-refractivity contribution in [1.82, 2.24) is 5.32 Å². The maximum Gasteiger partial charge on any atom is 0.257 e. The van der Waals surface area contributed by atoms with Gasteiger partial charge >= 0.3 is 0 Å². The summed E-state index contributed by atoms with van der Waals surface area (Å²) >= 11 is 10.6. The fraction of sp³-hybridized carbons (Fsp3) is 0.0667. The van der Waals surface area contributed by atoms with Gasteiger partial charge in [0.25, 0.3) is 5.91 Å². The molecule has 2 N–H and O–H groups in total. The van der Waals surface area contributed by atoms with Gasteiger partial charge in [0, 0.05) is 15.7 Å². The first-order chi connectivity index (χ1) is 10.5. The van der Waals surface area contributed by atoms with Gasteiger partial charge in [-0.05, 0) is 77.3 Å². The maximum atomic E-state index is 12.2. The third-order valence-corrected chi connectivity index (χ3v) is 4.32. The van der Waals surface area contributed by atoms with Gasteiger partial charge in [-0.1, -0.05) is 15.9 Å². The molecule has 22 heavy (non-hydrogen) atoms. The highest BCUT2D eigenvalue weighted by atomic mass is 127. The van der Waals surface area contributed by atoms with Crippen molar-refractivity contribution in [3.63, 3.8) is 0 Å². The number of benzene rings is 2. The number of amides is 1. The van der Waals surface area contributed by atoms with Gasteiger partial charge in [0.05, 0.1) is 10.7 Å². The standard InChI is InChI=1S/C15H12BrIN2O2S/c1-21-13-7-2-9(8-12(13)17)14(20)19-15(22)18-11-5-3-10(16)4-6-11/h2-8H,1H3,(H2,18,19,20,22). The normalized spacial score (nSPS) is 9.95. The highest BCUT2D eigenvalue weighted by Crippen LogP contribution is 2.21. The molecular weight excluding hydrogens is 479 g/mol. The van der Waals surface area contributed by atoms with E-state index >= 15 is 0 Å². The molecule has 114 valence electrons. The number of ether oxygens (including phenoxy) is 1. The predicted octanol–water partition coefficient (Wildman–Crippen LogP) is 4.19. The molecule has 7 heteroatoms. The molecule has 0 aliphatic heterocycles. The molecule has 0 fully saturated rings. The number of carbonyl (C=O) groups is 1. The Kier molecular flexibility index (Phi) is 6.16. The molecule has 2 aromatic rings. The summed E-state index contributed by atoms with van der Waals surface area (Å²) in [5.74, 6) is 0.461. The van der Waals surface area contributed by atoms with Crippen LogP contribution in [-0.2, 0) is 0 Å². The maximum absolute atomic E-state index is 12.2. The molecule has 0 aliphatic carbocycles. The highest BCUT2D eigenvalue weighted by molar-refractivity contribution is 14.1. The van der Waals surface area contributed by atoms with Crippen LogP contribution in [0.25, 0.3) is 0 Å². The molecule has 0 atom stereocenters. The van der Waals surface area contributed by atoms with Crippen LogP contribution in [0, 0.1) is 3.57 Å². The number of methoxy groups -OCH3 is 1. The van der Waals surface area contributed by atoms with Crippen molar-refractivity contribution in [3.8, 4) is 5.75 Å². The van der Waals surface area contributed by atoms with Crippen molar-refractivity contribution in [3.05, 3.63) is 56.1 Å². The minimum atomic E-state index is -0.268. The van der Waals surface area contributed by atoms with E-state index in [1.807, 2.05) is 24.3 Å².